The van der Waals surface area contributed by atoms with Gasteiger partial charge < -0.3 is 11.5 Å². The monoisotopic (exact) mass is 162 g/mol. The highest BCUT2D eigenvalue weighted by atomic mass is 14.8. The smallest absolute Gasteiger partial charge is 0.0412 e. The quantitative estimate of drug-likeness (QED) is 0.615. The molecule has 1 fully saturated rings. The van der Waals surface area contributed by atoms with Gasteiger partial charge in [-0.05, 0) is 37.0 Å². The standard InChI is InChI=1S/C10H14N2/c1-7-2-3-8(6-9(7)11)10(12)4-5-10/h2-3,6H,4-5,11-12H2,1H3. The lowest BCUT2D eigenvalue weighted by molar-refractivity contribution is 0.740. The summed E-state index contributed by atoms with van der Waals surface area (Å²) in [5, 5.41) is 0. The lowest BCUT2D eigenvalue weighted by Crippen LogP contribution is -2.18. The number of hydrogen-bond acceptors (Lipinski definition) is 2. The number of benzene rings is 1. The maximum Gasteiger partial charge on any atom is 0.0412 e. The molecule has 1 saturated carbocycles. The summed E-state index contributed by atoms with van der Waals surface area (Å²) in [5.74, 6) is 0. The van der Waals surface area contributed by atoms with Gasteiger partial charge in [-0.25, -0.2) is 0 Å². The van der Waals surface area contributed by atoms with Crippen LogP contribution < -0.4 is 11.5 Å². The highest BCUT2D eigenvalue weighted by molar-refractivity contribution is 5.50. The van der Waals surface area contributed by atoms with E-state index in [-0.39, 0.29) is 5.54 Å². The lowest BCUT2D eigenvalue weighted by atomic mass is 10.0. The maximum absolute atomic E-state index is 6.03. The van der Waals surface area contributed by atoms with E-state index < -0.39 is 0 Å². The molecular weight excluding hydrogens is 148 g/mol. The van der Waals surface area contributed by atoms with Gasteiger partial charge in [0, 0.05) is 11.2 Å². The molecule has 2 nitrogen and oxygen atoms in total. The zero-order valence-electron chi connectivity index (χ0n) is 7.30. The molecular formula is C10H14N2. The average molecular weight is 162 g/mol. The fraction of sp³-hybridized carbons (Fsp3) is 0.400. The van der Waals surface area contributed by atoms with E-state index in [4.69, 9.17) is 11.5 Å². The van der Waals surface area contributed by atoms with Gasteiger partial charge in [-0.15, -0.1) is 0 Å². The van der Waals surface area contributed by atoms with Gasteiger partial charge >= 0.3 is 0 Å². The number of hydrogen-bond donors (Lipinski definition) is 2. The van der Waals surface area contributed by atoms with Crippen LogP contribution in [0.4, 0.5) is 5.69 Å². The van der Waals surface area contributed by atoms with Crippen molar-refractivity contribution in [3.8, 4) is 0 Å². The topological polar surface area (TPSA) is 52.0 Å². The van der Waals surface area contributed by atoms with E-state index in [9.17, 15) is 0 Å². The van der Waals surface area contributed by atoms with Gasteiger partial charge in [-0.1, -0.05) is 12.1 Å². The Morgan fingerprint density at radius 1 is 1.33 bits per heavy atom. The van der Waals surface area contributed by atoms with Crippen LogP contribution in [0.2, 0.25) is 0 Å². The molecule has 1 aromatic carbocycles. The minimum absolute atomic E-state index is 0.0538. The Kier molecular flexibility index (Phi) is 1.42. The third-order valence-electron chi connectivity index (χ3n) is 2.64. The normalized spacial score (nSPS) is 19.2. The highest BCUT2D eigenvalue weighted by Gasteiger charge is 2.39. The van der Waals surface area contributed by atoms with Crippen molar-refractivity contribution in [2.24, 2.45) is 5.73 Å². The molecule has 0 spiro atoms. The molecule has 0 radical (unpaired) electrons. The molecule has 0 heterocycles. The van der Waals surface area contributed by atoms with Crippen LogP contribution in [-0.2, 0) is 5.54 Å². The first-order chi connectivity index (χ1) is 5.62. The van der Waals surface area contributed by atoms with Crippen LogP contribution in [0.25, 0.3) is 0 Å². The molecule has 0 saturated heterocycles. The SMILES string of the molecule is Cc1ccc(C2(N)CC2)cc1N. The largest absolute Gasteiger partial charge is 0.399 e. The zero-order chi connectivity index (χ0) is 8.77. The summed E-state index contributed by atoms with van der Waals surface area (Å²) < 4.78 is 0. The first-order valence-corrected chi connectivity index (χ1v) is 4.27. The molecule has 1 aliphatic carbocycles. The fourth-order valence-corrected chi connectivity index (χ4v) is 1.37. The molecule has 0 bridgehead atoms. The number of nitrogen functional groups attached to an aromatic ring is 1. The van der Waals surface area contributed by atoms with Crippen molar-refractivity contribution in [3.63, 3.8) is 0 Å². The molecule has 2 heteroatoms. The van der Waals surface area contributed by atoms with E-state index in [1.807, 2.05) is 19.1 Å². The number of anilines is 1. The fourth-order valence-electron chi connectivity index (χ4n) is 1.37. The first kappa shape index (κ1) is 7.62. The second-order valence-electron chi connectivity index (χ2n) is 3.73. The van der Waals surface area contributed by atoms with Crippen LogP contribution in [-0.4, -0.2) is 0 Å². The van der Waals surface area contributed by atoms with Gasteiger partial charge in [0.2, 0.25) is 0 Å². The predicted octanol–water partition coefficient (Wildman–Crippen LogP) is 1.53. The van der Waals surface area contributed by atoms with Crippen LogP contribution in [0, 0.1) is 6.92 Å². The predicted molar refractivity (Wildman–Crippen MR) is 50.7 cm³/mol. The summed E-state index contributed by atoms with van der Waals surface area (Å²) in [6.45, 7) is 2.01. The first-order valence-electron chi connectivity index (χ1n) is 4.27. The van der Waals surface area contributed by atoms with E-state index in [1.165, 1.54) is 5.56 Å². The Morgan fingerprint density at radius 3 is 2.50 bits per heavy atom. The summed E-state index contributed by atoms with van der Waals surface area (Å²) >= 11 is 0. The van der Waals surface area contributed by atoms with Crippen LogP contribution >= 0.6 is 0 Å². The Labute approximate surface area is 72.6 Å². The summed E-state index contributed by atoms with van der Waals surface area (Å²) in [4.78, 5) is 0. The molecule has 4 N–H and O–H groups in total. The number of rotatable bonds is 1. The third-order valence-corrected chi connectivity index (χ3v) is 2.64. The summed E-state index contributed by atoms with van der Waals surface area (Å²) in [5.41, 5.74) is 14.9. The van der Waals surface area contributed by atoms with Gasteiger partial charge in [-0.2, -0.15) is 0 Å². The Hall–Kier alpha value is -1.02. The van der Waals surface area contributed by atoms with Gasteiger partial charge in [-0.3, -0.25) is 0 Å². The Bertz CT molecular complexity index is 314. The van der Waals surface area contributed by atoms with Crippen LogP contribution in [0.15, 0.2) is 18.2 Å². The molecule has 2 rings (SSSR count). The van der Waals surface area contributed by atoms with Crippen molar-refractivity contribution in [1.82, 2.24) is 0 Å². The number of aryl methyl sites for hydroxylation is 1. The van der Waals surface area contributed by atoms with E-state index in [2.05, 4.69) is 6.07 Å². The molecule has 0 aromatic heterocycles. The van der Waals surface area contributed by atoms with Crippen molar-refractivity contribution >= 4 is 5.69 Å². The molecule has 0 aliphatic heterocycles. The second-order valence-corrected chi connectivity index (χ2v) is 3.73. The van der Waals surface area contributed by atoms with Gasteiger partial charge in [0.15, 0.2) is 0 Å². The van der Waals surface area contributed by atoms with Crippen molar-refractivity contribution in [2.75, 3.05) is 5.73 Å². The van der Waals surface area contributed by atoms with Gasteiger partial charge in [0.25, 0.3) is 0 Å². The van der Waals surface area contributed by atoms with Crippen molar-refractivity contribution in [1.29, 1.82) is 0 Å². The minimum Gasteiger partial charge on any atom is -0.399 e. The van der Waals surface area contributed by atoms with Crippen LogP contribution in [0.1, 0.15) is 24.0 Å². The highest BCUT2D eigenvalue weighted by Crippen LogP contribution is 2.43. The Morgan fingerprint density at radius 2 is 2.00 bits per heavy atom. The van der Waals surface area contributed by atoms with Gasteiger partial charge in [0.1, 0.15) is 0 Å². The summed E-state index contributed by atoms with van der Waals surface area (Å²) in [6, 6.07) is 6.12. The lowest BCUT2D eigenvalue weighted by Gasteiger charge is -2.10. The Balaban J connectivity index is 2.41. The van der Waals surface area contributed by atoms with Crippen LogP contribution in [0.5, 0.6) is 0 Å². The molecule has 0 atom stereocenters. The average Bonchev–Trinajstić information content (AvgIpc) is 2.75. The van der Waals surface area contributed by atoms with Crippen molar-refractivity contribution in [2.45, 2.75) is 25.3 Å². The van der Waals surface area contributed by atoms with E-state index in [0.717, 1.165) is 24.1 Å². The summed E-state index contributed by atoms with van der Waals surface area (Å²) in [7, 11) is 0. The van der Waals surface area contributed by atoms with E-state index in [0.29, 0.717) is 0 Å². The van der Waals surface area contributed by atoms with E-state index in [1.54, 1.807) is 0 Å². The zero-order valence-corrected chi connectivity index (χ0v) is 7.30. The molecule has 1 aliphatic rings. The van der Waals surface area contributed by atoms with Gasteiger partial charge in [0.05, 0.1) is 0 Å². The third kappa shape index (κ3) is 1.08. The molecule has 64 valence electrons. The number of nitrogens with two attached hydrogens (primary N) is 2. The van der Waals surface area contributed by atoms with Crippen molar-refractivity contribution < 1.29 is 0 Å². The van der Waals surface area contributed by atoms with Crippen molar-refractivity contribution in [3.05, 3.63) is 29.3 Å². The molecule has 0 amide bonds. The second kappa shape index (κ2) is 2.23. The minimum atomic E-state index is -0.0538. The molecule has 0 unspecified atom stereocenters. The summed E-state index contributed by atoms with van der Waals surface area (Å²) in [6.07, 6.45) is 2.19. The van der Waals surface area contributed by atoms with E-state index >= 15 is 0 Å². The molecule has 12 heavy (non-hydrogen) atoms. The maximum atomic E-state index is 6.03. The van der Waals surface area contributed by atoms with Crippen LogP contribution in [0.3, 0.4) is 0 Å². The molecule has 1 aromatic rings.